The van der Waals surface area contributed by atoms with Crippen LogP contribution in [0.5, 0.6) is 0 Å². The Morgan fingerprint density at radius 3 is 2.36 bits per heavy atom. The maximum absolute atomic E-state index is 10.6. The second-order valence-electron chi connectivity index (χ2n) is 2.82. The zero-order valence-electron chi connectivity index (χ0n) is 6.73. The van der Waals surface area contributed by atoms with E-state index in [1.807, 2.05) is 13.8 Å². The highest BCUT2D eigenvalue weighted by molar-refractivity contribution is 6.55. The third-order valence-corrected chi connectivity index (χ3v) is 2.12. The van der Waals surface area contributed by atoms with Crippen LogP contribution in [-0.2, 0) is 4.79 Å². The third kappa shape index (κ3) is 4.44. The van der Waals surface area contributed by atoms with Gasteiger partial charge in [0.15, 0.2) is 0 Å². The maximum Gasteiger partial charge on any atom is 0.126 e. The molecule has 0 amide bonds. The number of rotatable bonds is 4. The molecule has 0 fully saturated rings. The summed E-state index contributed by atoms with van der Waals surface area (Å²) in [6, 6.07) is 0. The van der Waals surface area contributed by atoms with Crippen LogP contribution in [0, 0.1) is 5.41 Å². The van der Waals surface area contributed by atoms with Crippen LogP contribution in [0.1, 0.15) is 26.7 Å². The van der Waals surface area contributed by atoms with Crippen LogP contribution in [0.15, 0.2) is 10.6 Å². The van der Waals surface area contributed by atoms with E-state index in [-0.39, 0.29) is 9.91 Å². The zero-order chi connectivity index (χ0) is 8.91. The lowest BCUT2D eigenvalue weighted by atomic mass is 9.86. The summed E-state index contributed by atoms with van der Waals surface area (Å²) in [6.07, 6.45) is 4.00. The Morgan fingerprint density at radius 2 is 2.09 bits per heavy atom. The number of halogens is 2. The molecule has 0 rings (SSSR count). The van der Waals surface area contributed by atoms with E-state index in [2.05, 4.69) is 0 Å². The molecule has 0 bridgehead atoms. The van der Waals surface area contributed by atoms with Gasteiger partial charge in [-0.1, -0.05) is 43.1 Å². The van der Waals surface area contributed by atoms with Crippen molar-refractivity contribution >= 4 is 29.5 Å². The molecular weight excluding hydrogens is 183 g/mol. The molecule has 1 unspecified atom stereocenters. The quantitative estimate of drug-likeness (QED) is 0.629. The maximum atomic E-state index is 10.6. The first-order valence-corrected chi connectivity index (χ1v) is 4.27. The zero-order valence-corrected chi connectivity index (χ0v) is 8.24. The van der Waals surface area contributed by atoms with Gasteiger partial charge in [-0.3, -0.25) is 0 Å². The summed E-state index contributed by atoms with van der Waals surface area (Å²) in [4.78, 5) is 10.6. The minimum Gasteiger partial charge on any atom is -0.303 e. The highest BCUT2D eigenvalue weighted by Gasteiger charge is 2.19. The molecule has 64 valence electrons. The van der Waals surface area contributed by atoms with Gasteiger partial charge in [0, 0.05) is 5.41 Å². The van der Waals surface area contributed by atoms with Crippen molar-refractivity contribution in [3.63, 3.8) is 0 Å². The topological polar surface area (TPSA) is 17.1 Å². The van der Waals surface area contributed by atoms with E-state index in [1.165, 1.54) is 0 Å². The van der Waals surface area contributed by atoms with Crippen molar-refractivity contribution in [2.75, 3.05) is 0 Å². The molecule has 0 aliphatic heterocycles. The lowest BCUT2D eigenvalue weighted by Crippen LogP contribution is -2.15. The SMILES string of the molecule is CCC(C)(C=O)CC=C(Cl)Cl. The highest BCUT2D eigenvalue weighted by atomic mass is 35.5. The molecule has 0 aromatic carbocycles. The smallest absolute Gasteiger partial charge is 0.126 e. The van der Waals surface area contributed by atoms with Gasteiger partial charge in [0.1, 0.15) is 10.8 Å². The minimum absolute atomic E-state index is 0.228. The van der Waals surface area contributed by atoms with Crippen LogP contribution in [-0.4, -0.2) is 6.29 Å². The van der Waals surface area contributed by atoms with Crippen LogP contribution in [0.3, 0.4) is 0 Å². The van der Waals surface area contributed by atoms with E-state index >= 15 is 0 Å². The summed E-state index contributed by atoms with van der Waals surface area (Å²) in [5.41, 5.74) is -0.310. The number of allylic oxidation sites excluding steroid dienone is 1. The molecule has 0 heterocycles. The predicted molar refractivity (Wildman–Crippen MR) is 48.9 cm³/mol. The van der Waals surface area contributed by atoms with Gasteiger partial charge < -0.3 is 4.79 Å². The van der Waals surface area contributed by atoms with Crippen molar-refractivity contribution in [2.45, 2.75) is 26.7 Å². The summed E-state index contributed by atoms with van der Waals surface area (Å²) in [6.45, 7) is 3.84. The standard InChI is InChI=1S/C8H12Cl2O/c1-3-8(2,6-11)5-4-7(9)10/h4,6H,3,5H2,1-2H3. The first-order chi connectivity index (χ1) is 5.04. The van der Waals surface area contributed by atoms with E-state index < -0.39 is 0 Å². The molecule has 0 aliphatic carbocycles. The van der Waals surface area contributed by atoms with Gasteiger partial charge >= 0.3 is 0 Å². The van der Waals surface area contributed by atoms with Crippen LogP contribution < -0.4 is 0 Å². The van der Waals surface area contributed by atoms with Crippen molar-refractivity contribution in [2.24, 2.45) is 5.41 Å². The van der Waals surface area contributed by atoms with Crippen LogP contribution in [0.25, 0.3) is 0 Å². The largest absolute Gasteiger partial charge is 0.303 e. The van der Waals surface area contributed by atoms with E-state index in [4.69, 9.17) is 23.2 Å². The molecule has 11 heavy (non-hydrogen) atoms. The van der Waals surface area contributed by atoms with E-state index in [0.717, 1.165) is 12.7 Å². The summed E-state index contributed by atoms with van der Waals surface area (Å²) >= 11 is 10.8. The van der Waals surface area contributed by atoms with Gasteiger partial charge in [0.2, 0.25) is 0 Å². The number of hydrogen-bond acceptors (Lipinski definition) is 1. The highest BCUT2D eigenvalue weighted by Crippen LogP contribution is 2.24. The molecule has 0 saturated heterocycles. The Morgan fingerprint density at radius 1 is 1.55 bits per heavy atom. The number of aldehydes is 1. The second-order valence-corrected chi connectivity index (χ2v) is 3.83. The van der Waals surface area contributed by atoms with E-state index in [1.54, 1.807) is 6.08 Å². The average Bonchev–Trinajstić information content (AvgIpc) is 2.00. The fourth-order valence-electron chi connectivity index (χ4n) is 0.586. The van der Waals surface area contributed by atoms with Crippen molar-refractivity contribution in [3.05, 3.63) is 10.6 Å². The molecule has 0 spiro atoms. The summed E-state index contributed by atoms with van der Waals surface area (Å²) in [5.74, 6) is 0. The van der Waals surface area contributed by atoms with Gasteiger partial charge in [0.25, 0.3) is 0 Å². The first kappa shape index (κ1) is 11.0. The van der Waals surface area contributed by atoms with Crippen molar-refractivity contribution in [1.82, 2.24) is 0 Å². The molecule has 0 saturated carbocycles. The molecule has 0 aliphatic rings. The summed E-state index contributed by atoms with van der Waals surface area (Å²) < 4.78 is 0.228. The summed E-state index contributed by atoms with van der Waals surface area (Å²) in [5, 5.41) is 0. The normalized spacial score (nSPS) is 15.3. The fraction of sp³-hybridized carbons (Fsp3) is 0.625. The molecule has 0 radical (unpaired) electrons. The summed E-state index contributed by atoms with van der Waals surface area (Å²) in [7, 11) is 0. The van der Waals surface area contributed by atoms with Crippen molar-refractivity contribution in [3.8, 4) is 0 Å². The molecule has 0 aromatic rings. The van der Waals surface area contributed by atoms with Crippen LogP contribution >= 0.6 is 23.2 Å². The Bertz CT molecular complexity index is 161. The number of carbonyl (C=O) groups is 1. The predicted octanol–water partition coefficient (Wildman–Crippen LogP) is 3.31. The van der Waals surface area contributed by atoms with Gasteiger partial charge in [-0.25, -0.2) is 0 Å². The number of carbonyl (C=O) groups excluding carboxylic acids is 1. The monoisotopic (exact) mass is 194 g/mol. The fourth-order valence-corrected chi connectivity index (χ4v) is 0.740. The van der Waals surface area contributed by atoms with Crippen LogP contribution in [0.4, 0.5) is 0 Å². The molecule has 3 heteroatoms. The van der Waals surface area contributed by atoms with E-state index in [0.29, 0.717) is 6.42 Å². The Balaban J connectivity index is 4.09. The Hall–Kier alpha value is -0.0100. The molecule has 1 atom stereocenters. The van der Waals surface area contributed by atoms with Crippen molar-refractivity contribution < 1.29 is 4.79 Å². The van der Waals surface area contributed by atoms with Gasteiger partial charge in [-0.05, 0) is 12.8 Å². The second kappa shape index (κ2) is 4.78. The van der Waals surface area contributed by atoms with Gasteiger partial charge in [0.05, 0.1) is 0 Å². The van der Waals surface area contributed by atoms with Crippen LogP contribution in [0.2, 0.25) is 0 Å². The molecular formula is C8H12Cl2O. The van der Waals surface area contributed by atoms with Gasteiger partial charge in [-0.15, -0.1) is 0 Å². The number of hydrogen-bond donors (Lipinski definition) is 0. The Kier molecular flexibility index (Phi) is 4.78. The molecule has 0 aromatic heterocycles. The lowest BCUT2D eigenvalue weighted by Gasteiger charge is -2.17. The average molecular weight is 195 g/mol. The van der Waals surface area contributed by atoms with E-state index in [9.17, 15) is 4.79 Å². The minimum atomic E-state index is -0.310. The van der Waals surface area contributed by atoms with Crippen molar-refractivity contribution in [1.29, 1.82) is 0 Å². The van der Waals surface area contributed by atoms with Gasteiger partial charge in [-0.2, -0.15) is 0 Å². The first-order valence-electron chi connectivity index (χ1n) is 3.51. The lowest BCUT2D eigenvalue weighted by molar-refractivity contribution is -0.115. The molecule has 0 N–H and O–H groups in total. The molecule has 1 nitrogen and oxygen atoms in total. The Labute approximate surface area is 77.4 Å². The third-order valence-electron chi connectivity index (χ3n) is 1.81.